The van der Waals surface area contributed by atoms with Crippen molar-refractivity contribution in [2.24, 2.45) is 0 Å². The van der Waals surface area contributed by atoms with Crippen LogP contribution < -0.4 is 17.0 Å². The van der Waals surface area contributed by atoms with E-state index in [-0.39, 0.29) is 17.0 Å². The Morgan fingerprint density at radius 3 is 2.71 bits per heavy atom. The molecule has 1 nitrogen and oxygen atoms in total. The predicted molar refractivity (Wildman–Crippen MR) is 60.4 cm³/mol. The zero-order valence-electron chi connectivity index (χ0n) is 7.22. The Bertz CT molecular complexity index is 349. The van der Waals surface area contributed by atoms with Crippen LogP contribution in [0.2, 0.25) is 0 Å². The molecule has 0 aliphatic heterocycles. The van der Waals surface area contributed by atoms with Crippen LogP contribution in [0.3, 0.4) is 0 Å². The molecule has 0 saturated carbocycles. The molecule has 0 amide bonds. The molecule has 0 aliphatic carbocycles. The summed E-state index contributed by atoms with van der Waals surface area (Å²) in [5.41, 5.74) is 1.37. The van der Waals surface area contributed by atoms with Gasteiger partial charge >= 0.3 is 0 Å². The summed E-state index contributed by atoms with van der Waals surface area (Å²) in [6.45, 7) is 0. The maximum atomic E-state index is 4.10. The first-order valence-corrected chi connectivity index (χ1v) is 6.45. The third-order valence-corrected chi connectivity index (χ3v) is 4.58. The van der Waals surface area contributed by atoms with Gasteiger partial charge in [-0.1, -0.05) is 42.1 Å². The molecule has 2 aromatic rings. The van der Waals surface area contributed by atoms with Gasteiger partial charge in [0.25, 0.3) is 0 Å². The van der Waals surface area contributed by atoms with E-state index in [9.17, 15) is 0 Å². The highest BCUT2D eigenvalue weighted by Gasteiger charge is 2.06. The van der Waals surface area contributed by atoms with E-state index >= 15 is 0 Å². The van der Waals surface area contributed by atoms with Crippen molar-refractivity contribution in [1.82, 2.24) is 3.76 Å². The zero-order chi connectivity index (χ0) is 8.93. The van der Waals surface area contributed by atoms with Gasteiger partial charge < -0.3 is 17.0 Å². The molecule has 1 aromatic heterocycles. The van der Waals surface area contributed by atoms with E-state index in [0.29, 0.717) is 0 Å². The highest BCUT2D eigenvalue weighted by molar-refractivity contribution is 8.00. The Kier molecular flexibility index (Phi) is 5.62. The van der Waals surface area contributed by atoms with Crippen molar-refractivity contribution < 1.29 is 17.0 Å². The molecule has 0 radical (unpaired) electrons. The van der Waals surface area contributed by atoms with Crippen molar-refractivity contribution in [3.63, 3.8) is 0 Å². The highest BCUT2D eigenvalue weighted by Crippen LogP contribution is 2.26. The summed E-state index contributed by atoms with van der Waals surface area (Å²) in [5, 5.41) is 2.10. The van der Waals surface area contributed by atoms with Gasteiger partial charge in [0, 0.05) is 5.75 Å². The van der Waals surface area contributed by atoms with E-state index in [1.54, 1.807) is 11.5 Å². The number of rotatable bonds is 3. The van der Waals surface area contributed by atoms with E-state index < -0.39 is 0 Å². The largest absolute Gasteiger partial charge is 1.00 e. The lowest BCUT2D eigenvalue weighted by atomic mass is 10.2. The van der Waals surface area contributed by atoms with Crippen LogP contribution in [0.5, 0.6) is 0 Å². The van der Waals surface area contributed by atoms with Gasteiger partial charge in [0.2, 0.25) is 27.3 Å². The van der Waals surface area contributed by atoms with Crippen molar-refractivity contribution in [1.29, 1.82) is 0 Å². The number of hydrogen-bond donors (Lipinski definition) is 0. The Morgan fingerprint density at radius 1 is 1.29 bits per heavy atom. The molecular weight excluding hydrogens is 298 g/mol. The molecule has 0 fully saturated rings. The van der Waals surface area contributed by atoms with Gasteiger partial charge in [-0.3, -0.25) is 0 Å². The molecule has 0 spiro atoms. The van der Waals surface area contributed by atoms with Crippen LogP contribution in [0.25, 0.3) is 0 Å². The van der Waals surface area contributed by atoms with Crippen LogP contribution >= 0.6 is 34.8 Å². The smallest absolute Gasteiger partial charge is 0.222 e. The standard InChI is InChI=1S/C9H8NS3.BrH/c1-2-4-8(5-3-1)6-11-9-7-12-10-13-9;/h1-5,7H,6H2;1H/q+1;/p-1. The summed E-state index contributed by atoms with van der Waals surface area (Å²) in [5.74, 6) is 1.04. The molecule has 74 valence electrons. The van der Waals surface area contributed by atoms with Gasteiger partial charge in [0.1, 0.15) is 0 Å². The van der Waals surface area contributed by atoms with Crippen LogP contribution in [-0.4, -0.2) is 3.76 Å². The van der Waals surface area contributed by atoms with Gasteiger partial charge in [-0.15, -0.1) is 0 Å². The fourth-order valence-corrected chi connectivity index (χ4v) is 3.52. The van der Waals surface area contributed by atoms with Gasteiger partial charge in [-0.25, -0.2) is 0 Å². The summed E-state index contributed by atoms with van der Waals surface area (Å²) in [7, 11) is 0. The number of halogens is 1. The van der Waals surface area contributed by atoms with Crippen molar-refractivity contribution in [2.45, 2.75) is 9.96 Å². The highest BCUT2D eigenvalue weighted by atomic mass is 79.9. The Morgan fingerprint density at radius 2 is 2.07 bits per heavy atom. The first-order chi connectivity index (χ1) is 6.45. The lowest BCUT2D eigenvalue weighted by Crippen LogP contribution is -3.00. The Balaban J connectivity index is 0.000000980. The second kappa shape index (κ2) is 6.50. The SMILES string of the molecule is [Br-].c1ccc(CSc2c[s+]ns2)cc1. The van der Waals surface area contributed by atoms with Gasteiger partial charge in [-0.05, 0) is 5.56 Å². The average Bonchev–Trinajstić information content (AvgIpc) is 2.69. The normalized spacial score (nSPS) is 9.43. The van der Waals surface area contributed by atoms with E-state index in [1.807, 2.05) is 17.8 Å². The molecule has 0 saturated heterocycles. The summed E-state index contributed by atoms with van der Waals surface area (Å²) in [6.07, 6.45) is 0. The number of thioether (sulfide) groups is 1. The van der Waals surface area contributed by atoms with Gasteiger partial charge in [-0.2, -0.15) is 0 Å². The van der Waals surface area contributed by atoms with E-state index in [4.69, 9.17) is 0 Å². The molecule has 2 rings (SSSR count). The second-order valence-corrected chi connectivity index (χ2v) is 5.42. The molecule has 1 heterocycles. The van der Waals surface area contributed by atoms with E-state index in [1.165, 1.54) is 21.3 Å². The molecule has 0 bridgehead atoms. The number of benzene rings is 1. The Hall–Kier alpha value is 0.0300. The maximum absolute atomic E-state index is 4.10. The average molecular weight is 306 g/mol. The summed E-state index contributed by atoms with van der Waals surface area (Å²) in [4.78, 5) is 0. The van der Waals surface area contributed by atoms with Gasteiger partial charge in [0.15, 0.2) is 5.38 Å². The minimum absolute atomic E-state index is 0. The molecule has 0 aliphatic rings. The van der Waals surface area contributed by atoms with Crippen LogP contribution in [0, 0.1) is 0 Å². The van der Waals surface area contributed by atoms with Crippen molar-refractivity contribution in [3.8, 4) is 0 Å². The predicted octanol–water partition coefficient (Wildman–Crippen LogP) is 0.782. The maximum Gasteiger partial charge on any atom is 0.222 e. The van der Waals surface area contributed by atoms with E-state index in [0.717, 1.165) is 5.75 Å². The lowest BCUT2D eigenvalue weighted by Gasteiger charge is -1.94. The van der Waals surface area contributed by atoms with Crippen LogP contribution in [0.15, 0.2) is 39.9 Å². The molecule has 14 heavy (non-hydrogen) atoms. The minimum Gasteiger partial charge on any atom is -1.00 e. The molecule has 0 unspecified atom stereocenters. The third-order valence-electron chi connectivity index (χ3n) is 1.54. The first-order valence-electron chi connectivity index (χ1n) is 3.85. The van der Waals surface area contributed by atoms with Crippen LogP contribution in [-0.2, 0) is 5.75 Å². The third kappa shape index (κ3) is 3.65. The number of nitrogens with zero attached hydrogens (tertiary/aromatic N) is 1. The number of hydrogen-bond acceptors (Lipinski definition) is 3. The van der Waals surface area contributed by atoms with Crippen molar-refractivity contribution in [3.05, 3.63) is 41.3 Å². The Labute approximate surface area is 106 Å². The quantitative estimate of drug-likeness (QED) is 0.614. The number of aromatic nitrogens is 1. The van der Waals surface area contributed by atoms with Crippen LogP contribution in [0.4, 0.5) is 0 Å². The van der Waals surface area contributed by atoms with Crippen molar-refractivity contribution in [2.75, 3.05) is 0 Å². The molecule has 1 aromatic carbocycles. The minimum atomic E-state index is 0. The summed E-state index contributed by atoms with van der Waals surface area (Å²) in [6, 6.07) is 10.5. The molecular formula is C9H8BrNS3. The van der Waals surface area contributed by atoms with Gasteiger partial charge in [0.05, 0.1) is 3.76 Å². The second-order valence-electron chi connectivity index (χ2n) is 2.48. The summed E-state index contributed by atoms with van der Waals surface area (Å²) >= 11 is 4.94. The van der Waals surface area contributed by atoms with Crippen LogP contribution in [0.1, 0.15) is 5.56 Å². The lowest BCUT2D eigenvalue weighted by molar-refractivity contribution is -0.00000255. The fourth-order valence-electron chi connectivity index (χ4n) is 0.933. The van der Waals surface area contributed by atoms with Crippen molar-refractivity contribution >= 4 is 34.8 Å². The molecule has 0 N–H and O–H groups in total. The molecule has 5 heteroatoms. The monoisotopic (exact) mass is 305 g/mol. The summed E-state index contributed by atoms with van der Waals surface area (Å²) < 4.78 is 5.40. The zero-order valence-corrected chi connectivity index (χ0v) is 11.3. The molecule has 0 atom stereocenters. The first kappa shape index (κ1) is 12.1. The van der Waals surface area contributed by atoms with E-state index in [2.05, 4.69) is 33.4 Å². The topological polar surface area (TPSA) is 12.9 Å². The fraction of sp³-hybridized carbons (Fsp3) is 0.111.